The average molecular weight is 827 g/mol. The van der Waals surface area contributed by atoms with Crippen LogP contribution in [0.4, 0.5) is 8.78 Å². The first kappa shape index (κ1) is 31.8. The molecule has 4 heterocycles. The summed E-state index contributed by atoms with van der Waals surface area (Å²) in [5.41, 5.74) is 9.45. The van der Waals surface area contributed by atoms with Crippen molar-refractivity contribution in [1.29, 1.82) is 0 Å². The number of oxazole rings is 2. The Hall–Kier alpha value is -5.77. The van der Waals surface area contributed by atoms with Gasteiger partial charge < -0.3 is 18.0 Å². The van der Waals surface area contributed by atoms with Gasteiger partial charge in [-0.15, -0.1) is 42.0 Å². The molecule has 49 heavy (non-hydrogen) atoms. The van der Waals surface area contributed by atoms with E-state index in [0.29, 0.717) is 28.1 Å². The van der Waals surface area contributed by atoms with E-state index in [1.807, 2.05) is 30.3 Å². The Balaban J connectivity index is 0.000000153. The molecule has 0 unspecified atom stereocenters. The molecule has 9 aromatic rings. The molecule has 4 aromatic heterocycles. The molecule has 243 valence electrons. The van der Waals surface area contributed by atoms with Gasteiger partial charge >= 0.3 is 0 Å². The second kappa shape index (κ2) is 13.0. The van der Waals surface area contributed by atoms with Gasteiger partial charge in [-0.3, -0.25) is 9.97 Å². The van der Waals surface area contributed by atoms with Crippen molar-refractivity contribution in [1.82, 2.24) is 29.1 Å². The number of aromatic nitrogens is 6. The summed E-state index contributed by atoms with van der Waals surface area (Å²) < 4.78 is 42.3. The maximum atomic E-state index is 14.0. The van der Waals surface area contributed by atoms with Crippen molar-refractivity contribution in [2.24, 2.45) is 0 Å². The van der Waals surface area contributed by atoms with Gasteiger partial charge in [0, 0.05) is 49.2 Å². The van der Waals surface area contributed by atoms with Gasteiger partial charge in [0.2, 0.25) is 0 Å². The number of nitrogens with zero attached hydrogens (tertiary/aromatic N) is 6. The van der Waals surface area contributed by atoms with Gasteiger partial charge in [-0.1, -0.05) is 42.0 Å². The van der Waals surface area contributed by atoms with Crippen LogP contribution < -0.4 is 0 Å². The molecule has 0 N–H and O–H groups in total. The molecule has 9 rings (SSSR count). The van der Waals surface area contributed by atoms with Crippen LogP contribution in [0.15, 0.2) is 119 Å². The summed E-state index contributed by atoms with van der Waals surface area (Å²) in [7, 11) is 0. The van der Waals surface area contributed by atoms with Crippen molar-refractivity contribution in [2.45, 2.75) is 13.8 Å². The molecule has 0 bridgehead atoms. The third kappa shape index (κ3) is 5.62. The average Bonchev–Trinajstić information content (AvgIpc) is 3.91. The van der Waals surface area contributed by atoms with Crippen molar-refractivity contribution >= 4 is 33.2 Å². The Morgan fingerprint density at radius 1 is 0.714 bits per heavy atom. The fourth-order valence-corrected chi connectivity index (χ4v) is 5.91. The quantitative estimate of drug-likeness (QED) is 0.165. The molecule has 0 aliphatic carbocycles. The van der Waals surface area contributed by atoms with Crippen LogP contribution in [0.5, 0.6) is 0 Å². The van der Waals surface area contributed by atoms with E-state index >= 15 is 0 Å². The van der Waals surface area contributed by atoms with Gasteiger partial charge in [-0.2, -0.15) is 0 Å². The van der Waals surface area contributed by atoms with E-state index in [-0.39, 0.29) is 25.8 Å². The molecule has 0 saturated heterocycles. The van der Waals surface area contributed by atoms with Crippen molar-refractivity contribution in [3.63, 3.8) is 0 Å². The Labute approximate surface area is 292 Å². The predicted octanol–water partition coefficient (Wildman–Crippen LogP) is 9.01. The number of para-hydroxylation sites is 4. The molecule has 0 amide bonds. The number of rotatable bonds is 4. The third-order valence-corrected chi connectivity index (χ3v) is 8.06. The molecule has 8 nitrogen and oxygen atoms in total. The van der Waals surface area contributed by atoms with Gasteiger partial charge in [-0.05, 0) is 49.2 Å². The number of benzene rings is 5. The van der Waals surface area contributed by atoms with Gasteiger partial charge in [-0.25, -0.2) is 18.7 Å². The minimum absolute atomic E-state index is 0. The van der Waals surface area contributed by atoms with Crippen LogP contribution in [0.1, 0.15) is 11.1 Å². The molecule has 0 aliphatic rings. The number of imidazole rings is 2. The summed E-state index contributed by atoms with van der Waals surface area (Å²) in [5.74, 6) is -0.150. The van der Waals surface area contributed by atoms with Crippen molar-refractivity contribution in [3.05, 3.63) is 145 Å². The monoisotopic (exact) mass is 827 g/mol. The van der Waals surface area contributed by atoms with Crippen LogP contribution in [0.25, 0.3) is 67.4 Å². The standard InChI is InChI=1S/C22H16N3O.C16H8F2N3O.Ir/c1-14-7-5-8-15(2)20(14)25-19-12-4-3-10-17(19)24-22(25)16-9-6-11-18-21(16)26-13-23-18;17-11-2-1-3-12(18)15(11)21-7-6-19-16(21)10-4-5-14-13(8-10)20-9-22-14;/h3-8,10-13H,1-2H3;1-3,5-9H;/q2*-1;. The summed E-state index contributed by atoms with van der Waals surface area (Å²) in [6.07, 6.45) is 5.76. The minimum Gasteiger partial charge on any atom is -0.490 e. The van der Waals surface area contributed by atoms with Crippen LogP contribution in [0, 0.1) is 37.6 Å². The van der Waals surface area contributed by atoms with Crippen LogP contribution in [0.2, 0.25) is 0 Å². The Bertz CT molecular complexity index is 2560. The van der Waals surface area contributed by atoms with Gasteiger partial charge in [0.05, 0.1) is 33.8 Å². The van der Waals surface area contributed by atoms with Crippen LogP contribution in [0.3, 0.4) is 0 Å². The van der Waals surface area contributed by atoms with E-state index in [0.717, 1.165) is 33.6 Å². The van der Waals surface area contributed by atoms with Crippen LogP contribution >= 0.6 is 0 Å². The second-order valence-electron chi connectivity index (χ2n) is 11.1. The molecular formula is C38H24F2IrN6O2-2. The number of hydrogen-bond acceptors (Lipinski definition) is 6. The Morgan fingerprint density at radius 3 is 2.27 bits per heavy atom. The number of hydrogen-bond donors (Lipinski definition) is 0. The summed E-state index contributed by atoms with van der Waals surface area (Å²) in [6, 6.07) is 31.6. The fourth-order valence-electron chi connectivity index (χ4n) is 5.91. The molecular weight excluding hydrogens is 803 g/mol. The van der Waals surface area contributed by atoms with Crippen molar-refractivity contribution < 1.29 is 37.7 Å². The van der Waals surface area contributed by atoms with E-state index in [4.69, 9.17) is 13.8 Å². The molecule has 1 radical (unpaired) electrons. The van der Waals surface area contributed by atoms with E-state index in [2.05, 4.69) is 69.8 Å². The fraction of sp³-hybridized carbons (Fsp3) is 0.0526. The topological polar surface area (TPSA) is 87.7 Å². The van der Waals surface area contributed by atoms with Gasteiger partial charge in [0.1, 0.15) is 17.3 Å². The minimum atomic E-state index is -0.665. The van der Waals surface area contributed by atoms with E-state index in [1.54, 1.807) is 12.1 Å². The van der Waals surface area contributed by atoms with Crippen molar-refractivity contribution in [3.8, 4) is 34.2 Å². The second-order valence-corrected chi connectivity index (χ2v) is 11.1. The summed E-state index contributed by atoms with van der Waals surface area (Å²) in [5, 5.41) is 0. The van der Waals surface area contributed by atoms with Crippen molar-refractivity contribution in [2.75, 3.05) is 0 Å². The normalized spacial score (nSPS) is 11.1. The van der Waals surface area contributed by atoms with E-state index in [9.17, 15) is 8.78 Å². The zero-order chi connectivity index (χ0) is 32.8. The summed E-state index contributed by atoms with van der Waals surface area (Å²) >= 11 is 0. The summed E-state index contributed by atoms with van der Waals surface area (Å²) in [4.78, 5) is 17.4. The molecule has 0 spiro atoms. The molecule has 0 fully saturated rings. The number of halogens is 2. The van der Waals surface area contributed by atoms with Crippen LogP contribution in [-0.2, 0) is 20.1 Å². The predicted molar refractivity (Wildman–Crippen MR) is 178 cm³/mol. The van der Waals surface area contributed by atoms with Gasteiger partial charge in [0.15, 0.2) is 12.8 Å². The number of aryl methyl sites for hydroxylation is 2. The summed E-state index contributed by atoms with van der Waals surface area (Å²) in [6.45, 7) is 4.25. The maximum absolute atomic E-state index is 14.0. The van der Waals surface area contributed by atoms with E-state index in [1.165, 1.54) is 59.1 Å². The number of fused-ring (bicyclic) bond motifs is 3. The zero-order valence-corrected chi connectivity index (χ0v) is 28.4. The maximum Gasteiger partial charge on any atom is 0.169 e. The van der Waals surface area contributed by atoms with Crippen LogP contribution in [-0.4, -0.2) is 29.1 Å². The smallest absolute Gasteiger partial charge is 0.169 e. The Morgan fingerprint density at radius 2 is 1.45 bits per heavy atom. The van der Waals surface area contributed by atoms with E-state index < -0.39 is 11.6 Å². The SMILES string of the molecule is Cc1cccc(C)c1-n1c(-c2[c-]ccc3ncoc23)nc2ccccc21.Fc1cccc(F)c1-n1ccnc1-c1[c-]cc2ocnc2c1.[Ir]. The molecule has 0 aliphatic heterocycles. The first-order chi connectivity index (χ1) is 23.5. The first-order valence-corrected chi connectivity index (χ1v) is 15.0. The first-order valence-electron chi connectivity index (χ1n) is 15.0. The van der Waals surface area contributed by atoms with Gasteiger partial charge in [0.25, 0.3) is 0 Å². The molecule has 0 atom stereocenters. The largest absolute Gasteiger partial charge is 0.490 e. The molecule has 5 aromatic carbocycles. The molecule has 0 saturated carbocycles. The third-order valence-electron chi connectivity index (χ3n) is 8.06. The Kier molecular flexibility index (Phi) is 8.46. The zero-order valence-electron chi connectivity index (χ0n) is 26.0. The molecule has 11 heteroatoms.